The first-order valence-electron chi connectivity index (χ1n) is 4.11. The highest BCUT2D eigenvalue weighted by atomic mass is 35.5. The second-order valence-electron chi connectivity index (χ2n) is 2.86. The zero-order valence-electron chi connectivity index (χ0n) is 7.56. The Hall–Kier alpha value is -0.700. The van der Waals surface area contributed by atoms with E-state index >= 15 is 0 Å². The highest BCUT2D eigenvalue weighted by Gasteiger charge is 2.04. The summed E-state index contributed by atoms with van der Waals surface area (Å²) in [7, 11) is 0. The Bertz CT molecular complexity index is 319. The van der Waals surface area contributed by atoms with Crippen molar-refractivity contribution in [1.82, 2.24) is 5.32 Å². The van der Waals surface area contributed by atoms with Crippen molar-refractivity contribution in [3.05, 3.63) is 40.4 Å². The fourth-order valence-corrected chi connectivity index (χ4v) is 1.38. The first-order chi connectivity index (χ1) is 6.61. The number of aromatic hydroxyl groups is 1. The molecule has 0 aliphatic carbocycles. The average Bonchev–Trinajstić information content (AvgIpc) is 2.09. The Morgan fingerprint density at radius 2 is 2.21 bits per heavy atom. The molecule has 0 spiro atoms. The molecule has 14 heavy (non-hydrogen) atoms. The maximum atomic E-state index is 9.48. The molecule has 0 heterocycles. The van der Waals surface area contributed by atoms with E-state index in [9.17, 15) is 5.11 Å². The number of phenols is 1. The van der Waals surface area contributed by atoms with E-state index in [4.69, 9.17) is 23.2 Å². The molecule has 0 fully saturated rings. The van der Waals surface area contributed by atoms with Crippen molar-refractivity contribution < 1.29 is 5.11 Å². The maximum Gasteiger partial charge on any atom is 0.121 e. The molecule has 0 aliphatic heterocycles. The molecular weight excluding hydrogens is 221 g/mol. The summed E-state index contributed by atoms with van der Waals surface area (Å²) in [5, 5.41) is 13.5. The van der Waals surface area contributed by atoms with Crippen molar-refractivity contribution in [3.8, 4) is 5.75 Å². The van der Waals surface area contributed by atoms with Gasteiger partial charge in [-0.15, -0.1) is 0 Å². The number of rotatable bonds is 4. The summed E-state index contributed by atoms with van der Waals surface area (Å²) >= 11 is 11.5. The monoisotopic (exact) mass is 231 g/mol. The van der Waals surface area contributed by atoms with E-state index in [-0.39, 0.29) is 5.75 Å². The molecule has 0 saturated carbocycles. The Morgan fingerprint density at radius 1 is 1.50 bits per heavy atom. The molecule has 4 heteroatoms. The first-order valence-corrected chi connectivity index (χ1v) is 4.87. The second-order valence-corrected chi connectivity index (χ2v) is 3.80. The van der Waals surface area contributed by atoms with E-state index in [0.717, 1.165) is 0 Å². The quantitative estimate of drug-likeness (QED) is 0.836. The lowest BCUT2D eigenvalue weighted by molar-refractivity contribution is 0.465. The Balaban J connectivity index is 2.62. The molecule has 76 valence electrons. The van der Waals surface area contributed by atoms with Crippen molar-refractivity contribution in [2.75, 3.05) is 6.54 Å². The third-order valence-corrected chi connectivity index (χ3v) is 2.20. The minimum atomic E-state index is 0.185. The van der Waals surface area contributed by atoms with Crippen LogP contribution in [0.4, 0.5) is 0 Å². The van der Waals surface area contributed by atoms with Crippen LogP contribution in [0.3, 0.4) is 0 Å². The lowest BCUT2D eigenvalue weighted by Crippen LogP contribution is -2.14. The molecule has 0 unspecified atom stereocenters. The van der Waals surface area contributed by atoms with Crippen LogP contribution in [-0.4, -0.2) is 11.7 Å². The fourth-order valence-electron chi connectivity index (χ4n) is 1.05. The summed E-state index contributed by atoms with van der Waals surface area (Å²) in [5.74, 6) is 0.185. The van der Waals surface area contributed by atoms with Crippen LogP contribution >= 0.6 is 23.2 Å². The topological polar surface area (TPSA) is 32.3 Å². The smallest absolute Gasteiger partial charge is 0.121 e. The van der Waals surface area contributed by atoms with Crippen molar-refractivity contribution >= 4 is 23.2 Å². The van der Waals surface area contributed by atoms with Gasteiger partial charge in [0.1, 0.15) is 5.75 Å². The number of hydrogen-bond acceptors (Lipinski definition) is 2. The molecule has 2 N–H and O–H groups in total. The third kappa shape index (κ3) is 3.22. The van der Waals surface area contributed by atoms with Crippen LogP contribution < -0.4 is 5.32 Å². The van der Waals surface area contributed by atoms with E-state index in [0.29, 0.717) is 28.7 Å². The van der Waals surface area contributed by atoms with Crippen molar-refractivity contribution in [2.45, 2.75) is 6.54 Å². The molecule has 0 atom stereocenters. The van der Waals surface area contributed by atoms with Gasteiger partial charge in [0, 0.05) is 28.7 Å². The van der Waals surface area contributed by atoms with E-state index in [1.807, 2.05) is 0 Å². The van der Waals surface area contributed by atoms with Gasteiger partial charge in [0.15, 0.2) is 0 Å². The summed E-state index contributed by atoms with van der Waals surface area (Å²) in [6, 6.07) is 5.02. The van der Waals surface area contributed by atoms with Crippen molar-refractivity contribution in [3.63, 3.8) is 0 Å². The van der Waals surface area contributed by atoms with Crippen LogP contribution in [0.15, 0.2) is 29.8 Å². The maximum absolute atomic E-state index is 9.48. The van der Waals surface area contributed by atoms with E-state index < -0.39 is 0 Å². The molecular formula is C10H11Cl2NO. The van der Waals surface area contributed by atoms with Gasteiger partial charge in [0.2, 0.25) is 0 Å². The molecule has 1 rings (SSSR count). The lowest BCUT2D eigenvalue weighted by atomic mass is 10.2. The molecule has 0 aliphatic rings. The molecule has 1 aromatic rings. The number of benzene rings is 1. The van der Waals surface area contributed by atoms with Crippen LogP contribution in [0.1, 0.15) is 5.56 Å². The van der Waals surface area contributed by atoms with Crippen molar-refractivity contribution in [1.29, 1.82) is 0 Å². The Labute approximate surface area is 93.2 Å². The van der Waals surface area contributed by atoms with Gasteiger partial charge in [0.25, 0.3) is 0 Å². The molecule has 0 bridgehead atoms. The van der Waals surface area contributed by atoms with Gasteiger partial charge < -0.3 is 10.4 Å². The predicted octanol–water partition coefficient (Wildman–Crippen LogP) is 2.89. The van der Waals surface area contributed by atoms with Gasteiger partial charge in [-0.2, -0.15) is 0 Å². The van der Waals surface area contributed by atoms with Crippen LogP contribution in [0, 0.1) is 0 Å². The highest BCUT2D eigenvalue weighted by Crippen LogP contribution is 2.24. The standard InChI is InChI=1S/C10H11Cl2NO/c1-7(11)5-13-6-8-9(12)3-2-4-10(8)14/h2-4,13-14H,1,5-6H2. The van der Waals surface area contributed by atoms with E-state index in [1.54, 1.807) is 18.2 Å². The second kappa shape index (κ2) is 5.25. The number of nitrogens with one attached hydrogen (secondary N) is 1. The van der Waals surface area contributed by atoms with Gasteiger partial charge in [-0.3, -0.25) is 0 Å². The minimum Gasteiger partial charge on any atom is -0.508 e. The van der Waals surface area contributed by atoms with Gasteiger partial charge >= 0.3 is 0 Å². The van der Waals surface area contributed by atoms with Crippen LogP contribution in [-0.2, 0) is 6.54 Å². The van der Waals surface area contributed by atoms with Crippen LogP contribution in [0.5, 0.6) is 5.75 Å². The lowest BCUT2D eigenvalue weighted by Gasteiger charge is -2.07. The summed E-state index contributed by atoms with van der Waals surface area (Å²) in [6.45, 7) is 4.50. The average molecular weight is 232 g/mol. The summed E-state index contributed by atoms with van der Waals surface area (Å²) in [4.78, 5) is 0. The minimum absolute atomic E-state index is 0.185. The SMILES string of the molecule is C=C(Cl)CNCc1c(O)cccc1Cl. The first kappa shape index (κ1) is 11.4. The van der Waals surface area contributed by atoms with Crippen LogP contribution in [0.25, 0.3) is 0 Å². The molecule has 1 aromatic carbocycles. The van der Waals surface area contributed by atoms with E-state index in [1.165, 1.54) is 0 Å². The van der Waals surface area contributed by atoms with Crippen LogP contribution in [0.2, 0.25) is 5.02 Å². The number of hydrogen-bond donors (Lipinski definition) is 2. The summed E-state index contributed by atoms with van der Waals surface area (Å²) in [6.07, 6.45) is 0. The Morgan fingerprint density at radius 3 is 2.79 bits per heavy atom. The zero-order valence-corrected chi connectivity index (χ0v) is 9.07. The van der Waals surface area contributed by atoms with Gasteiger partial charge in [0.05, 0.1) is 0 Å². The van der Waals surface area contributed by atoms with E-state index in [2.05, 4.69) is 11.9 Å². The molecule has 0 amide bonds. The Kier molecular flexibility index (Phi) is 4.26. The summed E-state index contributed by atoms with van der Waals surface area (Å²) < 4.78 is 0. The molecule has 0 aromatic heterocycles. The van der Waals surface area contributed by atoms with Gasteiger partial charge in [-0.05, 0) is 12.1 Å². The fraction of sp³-hybridized carbons (Fsp3) is 0.200. The number of halogens is 2. The zero-order chi connectivity index (χ0) is 10.6. The van der Waals surface area contributed by atoms with Gasteiger partial charge in [-0.25, -0.2) is 0 Å². The third-order valence-electron chi connectivity index (χ3n) is 1.71. The number of phenolic OH excluding ortho intramolecular Hbond substituents is 1. The summed E-state index contributed by atoms with van der Waals surface area (Å²) in [5.41, 5.74) is 0.673. The highest BCUT2D eigenvalue weighted by molar-refractivity contribution is 6.31. The molecule has 0 saturated heterocycles. The largest absolute Gasteiger partial charge is 0.508 e. The normalized spacial score (nSPS) is 10.1. The molecule has 2 nitrogen and oxygen atoms in total. The molecule has 0 radical (unpaired) electrons. The van der Waals surface area contributed by atoms with Gasteiger partial charge in [-0.1, -0.05) is 35.8 Å². The van der Waals surface area contributed by atoms with Crippen molar-refractivity contribution in [2.24, 2.45) is 0 Å². The predicted molar refractivity (Wildman–Crippen MR) is 59.8 cm³/mol.